The molecule has 1 atom stereocenters. The summed E-state index contributed by atoms with van der Waals surface area (Å²) in [5.74, 6) is 4.96. The Hall–Kier alpha value is -1.27. The predicted octanol–water partition coefficient (Wildman–Crippen LogP) is 0.914. The Kier molecular flexibility index (Phi) is 5.07. The number of hydrogen-bond donors (Lipinski definition) is 3. The predicted molar refractivity (Wildman–Crippen MR) is 65.5 cm³/mol. The van der Waals surface area contributed by atoms with Gasteiger partial charge in [0.25, 0.3) is 0 Å². The minimum absolute atomic E-state index is 0.178. The van der Waals surface area contributed by atoms with Crippen LogP contribution in [0.15, 0.2) is 23.4 Å². The molecule has 0 saturated carbocycles. The van der Waals surface area contributed by atoms with E-state index in [1.165, 1.54) is 11.8 Å². The number of hydrazine groups is 1. The second-order valence-electron chi connectivity index (χ2n) is 3.32. The highest BCUT2D eigenvalue weighted by Crippen LogP contribution is 2.30. The molecule has 0 saturated heterocycles. The number of carbonyl (C=O) groups is 1. The largest absolute Gasteiger partial charge is 0.397 e. The molecule has 0 spiro atoms. The molecule has 1 amide bonds. The molecule has 0 aromatic carbocycles. The Morgan fingerprint density at radius 1 is 1.69 bits per heavy atom. The van der Waals surface area contributed by atoms with E-state index in [1.54, 1.807) is 18.5 Å². The first-order valence-electron chi connectivity index (χ1n) is 5.05. The first kappa shape index (κ1) is 12.8. The van der Waals surface area contributed by atoms with Crippen LogP contribution in [-0.4, -0.2) is 16.1 Å². The van der Waals surface area contributed by atoms with E-state index in [0.29, 0.717) is 5.69 Å². The number of aromatic nitrogens is 1. The van der Waals surface area contributed by atoms with Crippen molar-refractivity contribution < 1.29 is 4.79 Å². The minimum Gasteiger partial charge on any atom is -0.397 e. The van der Waals surface area contributed by atoms with E-state index in [4.69, 9.17) is 11.6 Å². The molecule has 1 heterocycles. The molecular weight excluding hydrogens is 224 g/mol. The number of anilines is 1. The van der Waals surface area contributed by atoms with Gasteiger partial charge in [0.2, 0.25) is 5.91 Å². The highest BCUT2D eigenvalue weighted by Gasteiger charge is 2.18. The van der Waals surface area contributed by atoms with Crippen LogP contribution in [-0.2, 0) is 4.79 Å². The van der Waals surface area contributed by atoms with Crippen molar-refractivity contribution in [1.29, 1.82) is 0 Å². The Morgan fingerprint density at radius 2 is 2.44 bits per heavy atom. The Morgan fingerprint density at radius 3 is 3.00 bits per heavy atom. The van der Waals surface area contributed by atoms with E-state index >= 15 is 0 Å². The molecule has 1 unspecified atom stereocenters. The molecule has 5 N–H and O–H groups in total. The van der Waals surface area contributed by atoms with E-state index in [9.17, 15) is 4.79 Å². The lowest BCUT2D eigenvalue weighted by Gasteiger charge is -2.14. The Bertz CT molecular complexity index is 358. The molecule has 1 aromatic rings. The topological polar surface area (TPSA) is 94.0 Å². The maximum atomic E-state index is 11.5. The second kappa shape index (κ2) is 6.34. The number of carbonyl (C=O) groups excluding carboxylic acids is 1. The number of thioether (sulfide) groups is 1. The van der Waals surface area contributed by atoms with E-state index < -0.39 is 0 Å². The van der Waals surface area contributed by atoms with Crippen LogP contribution >= 0.6 is 11.8 Å². The third kappa shape index (κ3) is 3.39. The summed E-state index contributed by atoms with van der Waals surface area (Å²) in [6.07, 6.45) is 4.90. The van der Waals surface area contributed by atoms with Crippen molar-refractivity contribution in [3.8, 4) is 0 Å². The summed E-state index contributed by atoms with van der Waals surface area (Å²) in [6, 6.07) is 1.80. The SMILES string of the molecule is CCCC(Sc1ccncc1N)C(=O)NN. The zero-order chi connectivity index (χ0) is 12.0. The molecule has 1 aromatic heterocycles. The third-order valence-electron chi connectivity index (χ3n) is 2.06. The molecular formula is C10H16N4OS. The van der Waals surface area contributed by atoms with Gasteiger partial charge in [-0.3, -0.25) is 15.2 Å². The maximum absolute atomic E-state index is 11.5. The van der Waals surface area contributed by atoms with Crippen molar-refractivity contribution in [3.63, 3.8) is 0 Å². The molecule has 0 fully saturated rings. The molecule has 0 aliphatic heterocycles. The van der Waals surface area contributed by atoms with Crippen LogP contribution in [0.4, 0.5) is 5.69 Å². The lowest BCUT2D eigenvalue weighted by molar-refractivity contribution is -0.120. The van der Waals surface area contributed by atoms with Crippen LogP contribution in [0.1, 0.15) is 19.8 Å². The van der Waals surface area contributed by atoms with Crippen LogP contribution in [0.5, 0.6) is 0 Å². The first-order chi connectivity index (χ1) is 7.69. The number of nitrogens with one attached hydrogen (secondary N) is 1. The van der Waals surface area contributed by atoms with Gasteiger partial charge in [0.05, 0.1) is 17.1 Å². The molecule has 5 nitrogen and oxygen atoms in total. The summed E-state index contributed by atoms with van der Waals surface area (Å²) in [5, 5.41) is -0.209. The average Bonchev–Trinajstić information content (AvgIpc) is 2.30. The van der Waals surface area contributed by atoms with Crippen molar-refractivity contribution in [1.82, 2.24) is 10.4 Å². The summed E-state index contributed by atoms with van der Waals surface area (Å²) in [6.45, 7) is 2.02. The van der Waals surface area contributed by atoms with Gasteiger partial charge in [-0.2, -0.15) is 0 Å². The number of rotatable bonds is 5. The van der Waals surface area contributed by atoms with Crippen molar-refractivity contribution in [2.24, 2.45) is 5.84 Å². The molecule has 0 aliphatic carbocycles. The van der Waals surface area contributed by atoms with Gasteiger partial charge < -0.3 is 5.73 Å². The van der Waals surface area contributed by atoms with Crippen molar-refractivity contribution >= 4 is 23.4 Å². The molecule has 0 aliphatic rings. The molecule has 1 rings (SSSR count). The summed E-state index contributed by atoms with van der Waals surface area (Å²) >= 11 is 1.42. The average molecular weight is 240 g/mol. The number of pyridine rings is 1. The van der Waals surface area contributed by atoms with Gasteiger partial charge in [0.15, 0.2) is 0 Å². The highest BCUT2D eigenvalue weighted by atomic mass is 32.2. The van der Waals surface area contributed by atoms with Crippen molar-refractivity contribution in [3.05, 3.63) is 18.5 Å². The summed E-state index contributed by atoms with van der Waals surface area (Å²) in [5.41, 5.74) is 8.52. The molecule has 16 heavy (non-hydrogen) atoms. The van der Waals surface area contributed by atoms with Gasteiger partial charge in [-0.25, -0.2) is 5.84 Å². The van der Waals surface area contributed by atoms with E-state index in [1.807, 2.05) is 6.92 Å². The molecule has 0 radical (unpaired) electrons. The second-order valence-corrected chi connectivity index (χ2v) is 4.56. The molecule has 6 heteroatoms. The van der Waals surface area contributed by atoms with Gasteiger partial charge in [0, 0.05) is 11.1 Å². The quantitative estimate of drug-likeness (QED) is 0.308. The van der Waals surface area contributed by atoms with Gasteiger partial charge in [-0.1, -0.05) is 13.3 Å². The molecule has 88 valence electrons. The van der Waals surface area contributed by atoms with Crippen LogP contribution in [0.3, 0.4) is 0 Å². The van der Waals surface area contributed by atoms with Gasteiger partial charge in [-0.05, 0) is 12.5 Å². The number of hydrogen-bond acceptors (Lipinski definition) is 5. The lowest BCUT2D eigenvalue weighted by atomic mass is 10.2. The number of amides is 1. The van der Waals surface area contributed by atoms with Crippen LogP contribution in [0.25, 0.3) is 0 Å². The van der Waals surface area contributed by atoms with Crippen LogP contribution in [0.2, 0.25) is 0 Å². The number of nitrogen functional groups attached to an aromatic ring is 1. The summed E-state index contributed by atoms with van der Waals surface area (Å²) in [4.78, 5) is 16.3. The zero-order valence-electron chi connectivity index (χ0n) is 9.14. The highest BCUT2D eigenvalue weighted by molar-refractivity contribution is 8.00. The number of nitrogens with two attached hydrogens (primary N) is 2. The van der Waals surface area contributed by atoms with Gasteiger partial charge in [-0.15, -0.1) is 11.8 Å². The third-order valence-corrected chi connectivity index (χ3v) is 3.42. The minimum atomic E-state index is -0.209. The first-order valence-corrected chi connectivity index (χ1v) is 5.93. The summed E-state index contributed by atoms with van der Waals surface area (Å²) < 4.78 is 0. The normalized spacial score (nSPS) is 12.1. The van der Waals surface area contributed by atoms with Gasteiger partial charge in [0.1, 0.15) is 0 Å². The fraction of sp³-hybridized carbons (Fsp3) is 0.400. The Balaban J connectivity index is 2.75. The molecule has 0 bridgehead atoms. The summed E-state index contributed by atoms with van der Waals surface area (Å²) in [7, 11) is 0. The van der Waals surface area contributed by atoms with Gasteiger partial charge >= 0.3 is 0 Å². The van der Waals surface area contributed by atoms with Crippen LogP contribution < -0.4 is 17.0 Å². The van der Waals surface area contributed by atoms with E-state index in [0.717, 1.165) is 17.7 Å². The van der Waals surface area contributed by atoms with Crippen molar-refractivity contribution in [2.45, 2.75) is 29.9 Å². The monoisotopic (exact) mass is 240 g/mol. The zero-order valence-corrected chi connectivity index (χ0v) is 9.96. The van der Waals surface area contributed by atoms with Crippen molar-refractivity contribution in [2.75, 3.05) is 5.73 Å². The number of nitrogens with zero attached hydrogens (tertiary/aromatic N) is 1. The fourth-order valence-corrected chi connectivity index (χ4v) is 2.42. The lowest BCUT2D eigenvalue weighted by Crippen LogP contribution is -2.37. The fourth-order valence-electron chi connectivity index (χ4n) is 1.25. The smallest absolute Gasteiger partial charge is 0.247 e. The standard InChI is InChI=1S/C10H16N4OS/c1-2-3-9(10(15)14-12)16-8-4-5-13-6-7(8)11/h4-6,9H,2-3,11-12H2,1H3,(H,14,15). The Labute approximate surface area is 99.0 Å². The van der Waals surface area contributed by atoms with E-state index in [-0.39, 0.29) is 11.2 Å². The van der Waals surface area contributed by atoms with Crippen LogP contribution in [0, 0.1) is 0 Å². The van der Waals surface area contributed by atoms with E-state index in [2.05, 4.69) is 10.4 Å². The maximum Gasteiger partial charge on any atom is 0.247 e.